The summed E-state index contributed by atoms with van der Waals surface area (Å²) in [6.07, 6.45) is 0. The van der Waals surface area contributed by atoms with Gasteiger partial charge in [-0.25, -0.2) is 0 Å². The van der Waals surface area contributed by atoms with Crippen LogP contribution in [0.15, 0.2) is 60.7 Å². The molecule has 0 heterocycles. The largest absolute Gasteiger partial charge is 0.494 e. The molecule has 0 aliphatic carbocycles. The van der Waals surface area contributed by atoms with Crippen molar-refractivity contribution in [1.82, 2.24) is 0 Å². The van der Waals surface area contributed by atoms with Crippen molar-refractivity contribution in [2.24, 2.45) is 0 Å². The third-order valence-electron chi connectivity index (χ3n) is 5.44. The zero-order valence-corrected chi connectivity index (χ0v) is 17.9. The minimum absolute atomic E-state index is 0.224. The molecule has 8 heteroatoms. The molecule has 32 heavy (non-hydrogen) atoms. The molecule has 0 spiro atoms. The van der Waals surface area contributed by atoms with Crippen LogP contribution in [0.1, 0.15) is 13.8 Å². The Labute approximate surface area is 187 Å². The number of ether oxygens (including phenoxy) is 2. The van der Waals surface area contributed by atoms with Gasteiger partial charge in [-0.05, 0) is 35.4 Å². The summed E-state index contributed by atoms with van der Waals surface area (Å²) >= 11 is 0. The molecule has 0 saturated carbocycles. The Morgan fingerprint density at radius 1 is 0.625 bits per heavy atom. The Morgan fingerprint density at radius 3 is 1.34 bits per heavy atom. The monoisotopic (exact) mass is 430 g/mol. The lowest BCUT2D eigenvalue weighted by molar-refractivity contribution is 0.336. The number of hydrogen-bond acceptors (Lipinski definition) is 6. The van der Waals surface area contributed by atoms with E-state index in [4.69, 9.17) is 9.47 Å². The Bertz CT molecular complexity index is 1170. The lowest BCUT2D eigenvalue weighted by Crippen LogP contribution is -2.33. The fourth-order valence-corrected chi connectivity index (χ4v) is 4.18. The summed E-state index contributed by atoms with van der Waals surface area (Å²) in [6.45, 7) is 4.24. The van der Waals surface area contributed by atoms with E-state index in [1.54, 1.807) is 12.1 Å². The molecule has 0 aliphatic rings. The maximum absolute atomic E-state index is 10.2. The van der Waals surface area contributed by atoms with E-state index in [-0.39, 0.29) is 10.9 Å². The maximum atomic E-state index is 10.2. The molecule has 0 radical (unpaired) electrons. The van der Waals surface area contributed by atoms with E-state index >= 15 is 0 Å². The highest BCUT2D eigenvalue weighted by molar-refractivity contribution is 6.61. The fourth-order valence-electron chi connectivity index (χ4n) is 4.18. The molecule has 4 N–H and O–H groups in total. The van der Waals surface area contributed by atoms with Gasteiger partial charge in [0.2, 0.25) is 0 Å². The van der Waals surface area contributed by atoms with E-state index < -0.39 is 14.2 Å². The summed E-state index contributed by atoms with van der Waals surface area (Å²) in [6, 6.07) is 18.5. The zero-order valence-electron chi connectivity index (χ0n) is 17.9. The van der Waals surface area contributed by atoms with Gasteiger partial charge in [0.05, 0.1) is 13.2 Å². The Hall–Kier alpha value is -3.03. The summed E-state index contributed by atoms with van der Waals surface area (Å²) in [4.78, 5) is 0. The van der Waals surface area contributed by atoms with Crippen LogP contribution in [0.4, 0.5) is 0 Å². The highest BCUT2D eigenvalue weighted by Gasteiger charge is 2.29. The van der Waals surface area contributed by atoms with Crippen LogP contribution in [-0.2, 0) is 0 Å². The van der Waals surface area contributed by atoms with Crippen molar-refractivity contribution in [1.29, 1.82) is 0 Å². The van der Waals surface area contributed by atoms with Gasteiger partial charge in [0, 0.05) is 22.1 Å². The van der Waals surface area contributed by atoms with Crippen LogP contribution >= 0.6 is 0 Å². The first-order chi connectivity index (χ1) is 15.5. The molecule has 0 bridgehead atoms. The van der Waals surface area contributed by atoms with Crippen molar-refractivity contribution in [2.45, 2.75) is 13.8 Å². The summed E-state index contributed by atoms with van der Waals surface area (Å²) in [5, 5.41) is 43.8. The second-order valence-corrected chi connectivity index (χ2v) is 7.40. The quantitative estimate of drug-likeness (QED) is 0.334. The van der Waals surface area contributed by atoms with Gasteiger partial charge < -0.3 is 29.6 Å². The van der Waals surface area contributed by atoms with E-state index in [1.165, 1.54) is 0 Å². The number of hydrogen-bond donors (Lipinski definition) is 4. The molecule has 0 atom stereocenters. The topological polar surface area (TPSA) is 99.4 Å². The molecule has 4 rings (SSSR count). The molecule has 0 aromatic heterocycles. The van der Waals surface area contributed by atoms with Gasteiger partial charge in [0.1, 0.15) is 11.5 Å². The van der Waals surface area contributed by atoms with Crippen LogP contribution in [0.5, 0.6) is 11.5 Å². The van der Waals surface area contributed by atoms with Crippen molar-refractivity contribution in [3.05, 3.63) is 60.7 Å². The molecule has 162 valence electrons. The Kier molecular flexibility index (Phi) is 6.39. The van der Waals surface area contributed by atoms with Crippen LogP contribution in [-0.4, -0.2) is 47.5 Å². The van der Waals surface area contributed by atoms with Gasteiger partial charge >= 0.3 is 14.2 Å². The van der Waals surface area contributed by atoms with E-state index in [0.717, 1.165) is 21.5 Å². The lowest BCUT2D eigenvalue weighted by atomic mass is 9.73. The minimum Gasteiger partial charge on any atom is -0.494 e. The molecule has 6 nitrogen and oxygen atoms in total. The van der Waals surface area contributed by atoms with Crippen LogP contribution in [0.2, 0.25) is 0 Å². The van der Waals surface area contributed by atoms with Crippen LogP contribution in [0.3, 0.4) is 0 Å². The molecule has 0 aliphatic heterocycles. The smallest absolute Gasteiger partial charge is 0.492 e. The van der Waals surface area contributed by atoms with Crippen molar-refractivity contribution in [2.75, 3.05) is 13.2 Å². The Balaban J connectivity index is 2.27. The predicted molar refractivity (Wildman–Crippen MR) is 129 cm³/mol. The minimum atomic E-state index is -1.76. The first-order valence-corrected chi connectivity index (χ1v) is 10.6. The number of benzene rings is 4. The predicted octanol–water partition coefficient (Wildman–Crippen LogP) is 1.82. The third-order valence-corrected chi connectivity index (χ3v) is 5.44. The molecule has 4 aromatic carbocycles. The first kappa shape index (κ1) is 22.2. The molecule has 0 amide bonds. The molecular weight excluding hydrogens is 406 g/mol. The van der Waals surface area contributed by atoms with Gasteiger partial charge in [0.25, 0.3) is 0 Å². The van der Waals surface area contributed by atoms with Gasteiger partial charge in [-0.3, -0.25) is 0 Å². The molecule has 0 unspecified atom stereocenters. The van der Waals surface area contributed by atoms with Gasteiger partial charge in [-0.15, -0.1) is 0 Å². The SMILES string of the molecule is CCOc1c(B(O)O)cc2ccccc2c1-c1c(OCC)c(B(O)O)cc2ccccc12. The van der Waals surface area contributed by atoms with E-state index in [1.807, 2.05) is 62.4 Å². The molecule has 4 aromatic rings. The van der Waals surface area contributed by atoms with Crippen molar-refractivity contribution in [3.63, 3.8) is 0 Å². The standard InChI is InChI=1S/C24H24B2O6/c1-3-31-23-19(25(27)28)13-15-9-5-7-11-17(15)21(23)22-18-12-8-6-10-16(18)14-20(26(29)30)24(22)32-4-2/h5-14,27-30H,3-4H2,1-2H3. The second-order valence-electron chi connectivity index (χ2n) is 7.40. The third kappa shape index (κ3) is 3.82. The van der Waals surface area contributed by atoms with Gasteiger partial charge in [-0.1, -0.05) is 60.7 Å². The van der Waals surface area contributed by atoms with Crippen LogP contribution in [0.25, 0.3) is 32.7 Å². The molecule has 0 fully saturated rings. The van der Waals surface area contributed by atoms with Crippen molar-refractivity contribution >= 4 is 46.7 Å². The van der Waals surface area contributed by atoms with Crippen LogP contribution < -0.4 is 20.4 Å². The van der Waals surface area contributed by atoms with Crippen LogP contribution in [0, 0.1) is 0 Å². The summed E-state index contributed by atoms with van der Waals surface area (Å²) in [5.41, 5.74) is 1.66. The highest BCUT2D eigenvalue weighted by Crippen LogP contribution is 2.44. The van der Waals surface area contributed by atoms with E-state index in [2.05, 4.69) is 0 Å². The lowest BCUT2D eigenvalue weighted by Gasteiger charge is -2.23. The average Bonchev–Trinajstić information content (AvgIpc) is 2.78. The average molecular weight is 430 g/mol. The van der Waals surface area contributed by atoms with Crippen molar-refractivity contribution in [3.8, 4) is 22.6 Å². The van der Waals surface area contributed by atoms with Crippen molar-refractivity contribution < 1.29 is 29.6 Å². The number of fused-ring (bicyclic) bond motifs is 2. The highest BCUT2D eigenvalue weighted by atomic mass is 16.5. The van der Waals surface area contributed by atoms with Gasteiger partial charge in [-0.2, -0.15) is 0 Å². The summed E-state index contributed by atoms with van der Waals surface area (Å²) < 4.78 is 11.9. The maximum Gasteiger partial charge on any atom is 0.492 e. The first-order valence-electron chi connectivity index (χ1n) is 10.6. The Morgan fingerprint density at radius 2 is 1.00 bits per heavy atom. The summed E-state index contributed by atoms with van der Waals surface area (Å²) in [7, 11) is -3.51. The second kappa shape index (κ2) is 9.22. The van der Waals surface area contributed by atoms with Gasteiger partial charge in [0.15, 0.2) is 0 Å². The van der Waals surface area contributed by atoms with E-state index in [0.29, 0.717) is 35.8 Å². The zero-order chi connectivity index (χ0) is 22.8. The van der Waals surface area contributed by atoms with E-state index in [9.17, 15) is 20.1 Å². The normalized spacial score (nSPS) is 11.1. The summed E-state index contributed by atoms with van der Waals surface area (Å²) in [5.74, 6) is 0.633. The molecular formula is C24H24B2O6. The molecule has 0 saturated heterocycles. The number of rotatable bonds is 7. The fraction of sp³-hybridized carbons (Fsp3) is 0.167.